The lowest BCUT2D eigenvalue weighted by Crippen LogP contribution is -2.15. The first-order valence-electron chi connectivity index (χ1n) is 8.82. The molecule has 0 unspecified atom stereocenters. The topological polar surface area (TPSA) is 69.0 Å². The highest BCUT2D eigenvalue weighted by molar-refractivity contribution is 7.99. The normalized spacial score (nSPS) is 10.7. The molecular formula is C20H21FN4O2S. The van der Waals surface area contributed by atoms with Crippen molar-refractivity contribution in [2.45, 2.75) is 25.0 Å². The second-order valence-corrected chi connectivity index (χ2v) is 6.96. The van der Waals surface area contributed by atoms with Gasteiger partial charge in [0.2, 0.25) is 5.91 Å². The number of nitrogens with zero attached hydrogens (tertiary/aromatic N) is 3. The highest BCUT2D eigenvalue weighted by atomic mass is 32.2. The van der Waals surface area contributed by atoms with Crippen LogP contribution in [0, 0.1) is 5.82 Å². The van der Waals surface area contributed by atoms with Crippen molar-refractivity contribution >= 4 is 23.4 Å². The van der Waals surface area contributed by atoms with E-state index in [1.807, 2.05) is 35.8 Å². The molecule has 28 heavy (non-hydrogen) atoms. The first-order valence-corrected chi connectivity index (χ1v) is 9.81. The minimum absolute atomic E-state index is 0.164. The van der Waals surface area contributed by atoms with Crippen LogP contribution in [0.3, 0.4) is 0 Å². The summed E-state index contributed by atoms with van der Waals surface area (Å²) >= 11 is 1.30. The SMILES string of the molecule is CCn1c(Cc2ccc(OC)cc2)nnc1SCC(=O)Nc1cccc(F)c1. The van der Waals surface area contributed by atoms with Crippen molar-refractivity contribution in [1.82, 2.24) is 14.8 Å². The van der Waals surface area contributed by atoms with E-state index in [0.717, 1.165) is 17.1 Å². The fourth-order valence-electron chi connectivity index (χ4n) is 2.69. The Bertz CT molecular complexity index is 944. The Hall–Kier alpha value is -2.87. The second-order valence-electron chi connectivity index (χ2n) is 6.02. The number of rotatable bonds is 8. The standard InChI is InChI=1S/C20H21FN4O2S/c1-3-25-18(11-14-7-9-17(27-2)10-8-14)23-24-20(25)28-13-19(26)22-16-6-4-5-15(21)12-16/h4-10,12H,3,11,13H2,1-2H3,(H,22,26). The molecule has 3 aromatic rings. The van der Waals surface area contributed by atoms with Crippen molar-refractivity contribution in [2.75, 3.05) is 18.2 Å². The Morgan fingerprint density at radius 3 is 2.68 bits per heavy atom. The molecule has 0 fully saturated rings. The summed E-state index contributed by atoms with van der Waals surface area (Å²) < 4.78 is 20.4. The molecule has 0 aliphatic carbocycles. The summed E-state index contributed by atoms with van der Waals surface area (Å²) in [6.07, 6.45) is 0.640. The number of benzene rings is 2. The van der Waals surface area contributed by atoms with E-state index in [0.29, 0.717) is 23.8 Å². The monoisotopic (exact) mass is 400 g/mol. The van der Waals surface area contributed by atoms with Gasteiger partial charge in [0.05, 0.1) is 12.9 Å². The van der Waals surface area contributed by atoms with Gasteiger partial charge in [-0.2, -0.15) is 0 Å². The van der Waals surface area contributed by atoms with Crippen LogP contribution in [0.1, 0.15) is 18.3 Å². The molecule has 8 heteroatoms. The third-order valence-corrected chi connectivity index (χ3v) is 5.04. The lowest BCUT2D eigenvalue weighted by atomic mass is 10.1. The molecule has 6 nitrogen and oxygen atoms in total. The highest BCUT2D eigenvalue weighted by Crippen LogP contribution is 2.20. The van der Waals surface area contributed by atoms with Crippen LogP contribution in [0.5, 0.6) is 5.75 Å². The molecule has 0 atom stereocenters. The molecule has 0 spiro atoms. The Labute approximate surface area is 167 Å². The van der Waals surface area contributed by atoms with Gasteiger partial charge < -0.3 is 14.6 Å². The first kappa shape index (κ1) is 19.9. The van der Waals surface area contributed by atoms with Crippen molar-refractivity contribution in [3.05, 3.63) is 65.7 Å². The summed E-state index contributed by atoms with van der Waals surface area (Å²) in [6.45, 7) is 2.71. The van der Waals surface area contributed by atoms with Gasteiger partial charge in [-0.3, -0.25) is 4.79 Å². The summed E-state index contributed by atoms with van der Waals surface area (Å²) in [5.41, 5.74) is 1.53. The molecule has 0 bridgehead atoms. The number of ether oxygens (including phenoxy) is 1. The average molecular weight is 400 g/mol. The molecule has 1 aromatic heterocycles. The Balaban J connectivity index is 1.62. The molecule has 1 amide bonds. The van der Waals surface area contributed by atoms with Crippen LogP contribution >= 0.6 is 11.8 Å². The molecule has 1 heterocycles. The van der Waals surface area contributed by atoms with Gasteiger partial charge in [-0.05, 0) is 42.8 Å². The number of nitrogens with one attached hydrogen (secondary N) is 1. The van der Waals surface area contributed by atoms with E-state index < -0.39 is 0 Å². The molecule has 0 aliphatic rings. The van der Waals surface area contributed by atoms with Crippen LogP contribution in [-0.2, 0) is 17.8 Å². The number of carbonyl (C=O) groups is 1. The largest absolute Gasteiger partial charge is 0.497 e. The first-order chi connectivity index (χ1) is 13.6. The molecule has 3 rings (SSSR count). The zero-order chi connectivity index (χ0) is 19.9. The van der Waals surface area contributed by atoms with E-state index in [1.54, 1.807) is 19.2 Å². The number of hydrogen-bond donors (Lipinski definition) is 1. The number of anilines is 1. The average Bonchev–Trinajstić information content (AvgIpc) is 3.08. The van der Waals surface area contributed by atoms with Gasteiger partial charge in [0.25, 0.3) is 0 Å². The third kappa shape index (κ3) is 5.10. The molecular weight excluding hydrogens is 379 g/mol. The lowest BCUT2D eigenvalue weighted by molar-refractivity contribution is -0.113. The van der Waals surface area contributed by atoms with Gasteiger partial charge in [0.15, 0.2) is 5.16 Å². The van der Waals surface area contributed by atoms with E-state index >= 15 is 0 Å². The number of amides is 1. The van der Waals surface area contributed by atoms with Crippen molar-refractivity contribution in [3.63, 3.8) is 0 Å². The van der Waals surface area contributed by atoms with Gasteiger partial charge in [-0.25, -0.2) is 4.39 Å². The number of carbonyl (C=O) groups excluding carboxylic acids is 1. The maximum Gasteiger partial charge on any atom is 0.234 e. The van der Waals surface area contributed by atoms with E-state index in [2.05, 4.69) is 15.5 Å². The maximum atomic E-state index is 13.2. The van der Waals surface area contributed by atoms with E-state index in [-0.39, 0.29) is 17.5 Å². The Kier molecular flexibility index (Phi) is 6.65. The maximum absolute atomic E-state index is 13.2. The van der Waals surface area contributed by atoms with Crippen molar-refractivity contribution < 1.29 is 13.9 Å². The minimum Gasteiger partial charge on any atom is -0.497 e. The summed E-state index contributed by atoms with van der Waals surface area (Å²) in [5.74, 6) is 1.19. The number of methoxy groups -OCH3 is 1. The molecule has 0 aliphatic heterocycles. The summed E-state index contributed by atoms with van der Waals surface area (Å²) in [6, 6.07) is 13.6. The van der Waals surface area contributed by atoms with E-state index in [4.69, 9.17) is 4.74 Å². The molecule has 0 saturated heterocycles. The number of thioether (sulfide) groups is 1. The number of halogens is 1. The molecule has 0 saturated carbocycles. The fraction of sp³-hybridized carbons (Fsp3) is 0.250. The van der Waals surface area contributed by atoms with E-state index in [1.165, 1.54) is 23.9 Å². The number of aromatic nitrogens is 3. The summed E-state index contributed by atoms with van der Waals surface area (Å²) in [5, 5.41) is 11.9. The predicted molar refractivity (Wildman–Crippen MR) is 107 cm³/mol. The van der Waals surface area contributed by atoms with Crippen LogP contribution in [0.2, 0.25) is 0 Å². The van der Waals surface area contributed by atoms with Gasteiger partial charge in [0.1, 0.15) is 17.4 Å². The van der Waals surface area contributed by atoms with Crippen LogP contribution in [0.25, 0.3) is 0 Å². The van der Waals surface area contributed by atoms with Gasteiger partial charge in [0, 0.05) is 18.7 Å². The minimum atomic E-state index is -0.389. The molecule has 0 radical (unpaired) electrons. The van der Waals surface area contributed by atoms with Crippen LogP contribution in [0.15, 0.2) is 53.7 Å². The third-order valence-electron chi connectivity index (χ3n) is 4.07. The zero-order valence-corrected chi connectivity index (χ0v) is 16.5. The predicted octanol–water partition coefficient (Wildman–Crippen LogP) is 3.77. The number of hydrogen-bond acceptors (Lipinski definition) is 5. The molecule has 2 aromatic carbocycles. The van der Waals surface area contributed by atoms with Gasteiger partial charge >= 0.3 is 0 Å². The van der Waals surface area contributed by atoms with Gasteiger partial charge in [-0.1, -0.05) is 30.0 Å². The fourth-order valence-corrected chi connectivity index (χ4v) is 3.51. The molecule has 146 valence electrons. The van der Waals surface area contributed by atoms with E-state index in [9.17, 15) is 9.18 Å². The highest BCUT2D eigenvalue weighted by Gasteiger charge is 2.14. The van der Waals surface area contributed by atoms with Crippen LogP contribution < -0.4 is 10.1 Å². The summed E-state index contributed by atoms with van der Waals surface area (Å²) in [4.78, 5) is 12.1. The molecule has 1 N–H and O–H groups in total. The Morgan fingerprint density at radius 1 is 1.21 bits per heavy atom. The Morgan fingerprint density at radius 2 is 2.00 bits per heavy atom. The quantitative estimate of drug-likeness (QED) is 0.583. The summed E-state index contributed by atoms with van der Waals surface area (Å²) in [7, 11) is 1.64. The van der Waals surface area contributed by atoms with Gasteiger partial charge in [-0.15, -0.1) is 10.2 Å². The van der Waals surface area contributed by atoms with Crippen LogP contribution in [0.4, 0.5) is 10.1 Å². The van der Waals surface area contributed by atoms with Crippen LogP contribution in [-0.4, -0.2) is 33.5 Å². The smallest absolute Gasteiger partial charge is 0.234 e. The van der Waals surface area contributed by atoms with Crippen molar-refractivity contribution in [1.29, 1.82) is 0 Å². The lowest BCUT2D eigenvalue weighted by Gasteiger charge is -2.08. The van der Waals surface area contributed by atoms with Crippen molar-refractivity contribution in [3.8, 4) is 5.75 Å². The van der Waals surface area contributed by atoms with Crippen molar-refractivity contribution in [2.24, 2.45) is 0 Å². The second kappa shape index (κ2) is 9.36. The zero-order valence-electron chi connectivity index (χ0n) is 15.7.